The minimum atomic E-state index is -0.229. The van der Waals surface area contributed by atoms with E-state index in [2.05, 4.69) is 56.1 Å². The van der Waals surface area contributed by atoms with Crippen molar-refractivity contribution in [3.63, 3.8) is 0 Å². The molecule has 0 nitrogen and oxygen atoms in total. The molecule has 0 heterocycles. The van der Waals surface area contributed by atoms with Crippen molar-refractivity contribution in [3.8, 4) is 0 Å². The highest BCUT2D eigenvalue weighted by atomic mass is 79.9. The van der Waals surface area contributed by atoms with Crippen LogP contribution in [0.4, 0.5) is 8.78 Å². The highest BCUT2D eigenvalue weighted by Crippen LogP contribution is 2.37. The standard InChI is InChI=1S/C26H18Br2F2S/c27-21-5-11-25(19(15-21)13-17-1-7-23(29)8-2-17)31-26-12-6-22(28)16-20(26)14-18-3-9-24(30)10-4-18/h1-12,15-16H,13-14H2. The number of hydrogen-bond donors (Lipinski definition) is 0. The summed E-state index contributed by atoms with van der Waals surface area (Å²) in [7, 11) is 0. The van der Waals surface area contributed by atoms with Gasteiger partial charge in [0.15, 0.2) is 0 Å². The molecule has 0 fully saturated rings. The Morgan fingerprint density at radius 3 is 1.32 bits per heavy atom. The number of halogens is 4. The second kappa shape index (κ2) is 10.1. The third-order valence-corrected chi connectivity index (χ3v) is 7.10. The van der Waals surface area contributed by atoms with Gasteiger partial charge < -0.3 is 0 Å². The summed E-state index contributed by atoms with van der Waals surface area (Å²) in [6.45, 7) is 0. The van der Waals surface area contributed by atoms with Crippen LogP contribution in [0.2, 0.25) is 0 Å². The first-order chi connectivity index (χ1) is 15.0. The van der Waals surface area contributed by atoms with Gasteiger partial charge in [-0.1, -0.05) is 67.9 Å². The van der Waals surface area contributed by atoms with E-state index < -0.39 is 0 Å². The molecule has 0 amide bonds. The predicted octanol–water partition coefficient (Wildman–Crippen LogP) is 8.82. The minimum absolute atomic E-state index is 0.229. The first-order valence-electron chi connectivity index (χ1n) is 9.70. The average molecular weight is 560 g/mol. The molecule has 5 heteroatoms. The van der Waals surface area contributed by atoms with Crippen LogP contribution in [0.3, 0.4) is 0 Å². The van der Waals surface area contributed by atoms with Gasteiger partial charge in [-0.25, -0.2) is 8.78 Å². The maximum Gasteiger partial charge on any atom is 0.123 e. The molecule has 0 saturated heterocycles. The van der Waals surface area contributed by atoms with Crippen molar-refractivity contribution < 1.29 is 8.78 Å². The van der Waals surface area contributed by atoms with Crippen molar-refractivity contribution in [2.24, 2.45) is 0 Å². The van der Waals surface area contributed by atoms with E-state index in [0.717, 1.165) is 29.9 Å². The Hall–Kier alpha value is -1.95. The molecule has 0 aliphatic rings. The third-order valence-electron chi connectivity index (χ3n) is 4.88. The van der Waals surface area contributed by atoms with Gasteiger partial charge in [-0.15, -0.1) is 0 Å². The molecule has 0 radical (unpaired) electrons. The SMILES string of the molecule is Fc1ccc(Cc2cc(Br)ccc2Sc2ccc(Br)cc2Cc2ccc(F)cc2)cc1. The van der Waals surface area contributed by atoms with E-state index in [1.807, 2.05) is 36.4 Å². The van der Waals surface area contributed by atoms with Crippen LogP contribution in [0.1, 0.15) is 22.3 Å². The lowest BCUT2D eigenvalue weighted by Gasteiger charge is -2.14. The highest BCUT2D eigenvalue weighted by Gasteiger charge is 2.11. The molecular weight excluding hydrogens is 542 g/mol. The molecule has 0 aromatic heterocycles. The van der Waals surface area contributed by atoms with E-state index >= 15 is 0 Å². The smallest absolute Gasteiger partial charge is 0.123 e. The second-order valence-electron chi connectivity index (χ2n) is 7.21. The first-order valence-corrected chi connectivity index (χ1v) is 12.1. The van der Waals surface area contributed by atoms with Crippen LogP contribution in [-0.2, 0) is 12.8 Å². The Morgan fingerprint density at radius 2 is 0.935 bits per heavy atom. The molecule has 156 valence electrons. The summed E-state index contributed by atoms with van der Waals surface area (Å²) in [6.07, 6.45) is 1.43. The van der Waals surface area contributed by atoms with E-state index in [-0.39, 0.29) is 11.6 Å². The monoisotopic (exact) mass is 558 g/mol. The molecular formula is C26H18Br2F2S. The lowest BCUT2D eigenvalue weighted by molar-refractivity contribution is 0.627. The minimum Gasteiger partial charge on any atom is -0.207 e. The van der Waals surface area contributed by atoms with Gasteiger partial charge in [0.2, 0.25) is 0 Å². The molecule has 4 aromatic rings. The Labute approximate surface area is 202 Å². The molecule has 0 unspecified atom stereocenters. The lowest BCUT2D eigenvalue weighted by atomic mass is 10.0. The fourth-order valence-corrected chi connectivity index (χ4v) is 5.18. The molecule has 0 atom stereocenters. The number of rotatable bonds is 6. The van der Waals surface area contributed by atoms with E-state index in [1.54, 1.807) is 11.8 Å². The molecule has 0 spiro atoms. The van der Waals surface area contributed by atoms with Crippen molar-refractivity contribution in [2.75, 3.05) is 0 Å². The topological polar surface area (TPSA) is 0 Å². The summed E-state index contributed by atoms with van der Waals surface area (Å²) in [5, 5.41) is 0. The molecule has 31 heavy (non-hydrogen) atoms. The summed E-state index contributed by atoms with van der Waals surface area (Å²) < 4.78 is 28.6. The summed E-state index contributed by atoms with van der Waals surface area (Å²) in [6, 6.07) is 25.8. The molecule has 0 saturated carbocycles. The van der Waals surface area contributed by atoms with Crippen LogP contribution in [0.25, 0.3) is 0 Å². The molecule has 0 aliphatic carbocycles. The van der Waals surface area contributed by atoms with Crippen molar-refractivity contribution >= 4 is 43.6 Å². The van der Waals surface area contributed by atoms with Crippen molar-refractivity contribution in [1.29, 1.82) is 0 Å². The van der Waals surface area contributed by atoms with E-state index in [0.29, 0.717) is 12.8 Å². The highest BCUT2D eigenvalue weighted by molar-refractivity contribution is 9.10. The average Bonchev–Trinajstić information content (AvgIpc) is 2.75. The zero-order valence-electron chi connectivity index (χ0n) is 16.4. The van der Waals surface area contributed by atoms with Gasteiger partial charge in [0.1, 0.15) is 11.6 Å². The molecule has 4 rings (SSSR count). The number of hydrogen-bond acceptors (Lipinski definition) is 1. The quantitative estimate of drug-likeness (QED) is 0.227. The van der Waals surface area contributed by atoms with Crippen LogP contribution < -0.4 is 0 Å². The Balaban J connectivity index is 1.64. The van der Waals surface area contributed by atoms with Crippen LogP contribution in [0, 0.1) is 11.6 Å². The Morgan fingerprint density at radius 1 is 0.548 bits per heavy atom. The van der Waals surface area contributed by atoms with Gasteiger partial charge in [0, 0.05) is 18.7 Å². The maximum atomic E-state index is 13.3. The van der Waals surface area contributed by atoms with E-state index in [9.17, 15) is 8.78 Å². The fourth-order valence-electron chi connectivity index (χ4n) is 3.33. The fraction of sp³-hybridized carbons (Fsp3) is 0.0769. The van der Waals surface area contributed by atoms with Crippen LogP contribution in [0.15, 0.2) is 104 Å². The lowest BCUT2D eigenvalue weighted by Crippen LogP contribution is -1.95. The summed E-state index contributed by atoms with van der Waals surface area (Å²) in [5.41, 5.74) is 4.45. The van der Waals surface area contributed by atoms with Crippen LogP contribution in [-0.4, -0.2) is 0 Å². The zero-order chi connectivity index (χ0) is 21.8. The van der Waals surface area contributed by atoms with E-state index in [4.69, 9.17) is 0 Å². The second-order valence-corrected chi connectivity index (χ2v) is 10.1. The summed E-state index contributed by atoms with van der Waals surface area (Å²) in [4.78, 5) is 2.30. The normalized spacial score (nSPS) is 11.0. The zero-order valence-corrected chi connectivity index (χ0v) is 20.4. The molecule has 0 N–H and O–H groups in total. The van der Waals surface area contributed by atoms with Gasteiger partial charge in [0.25, 0.3) is 0 Å². The molecule has 0 aliphatic heterocycles. The van der Waals surface area contributed by atoms with Gasteiger partial charge in [0.05, 0.1) is 0 Å². The maximum absolute atomic E-state index is 13.3. The number of benzene rings is 4. The van der Waals surface area contributed by atoms with Crippen LogP contribution in [0.5, 0.6) is 0 Å². The largest absolute Gasteiger partial charge is 0.207 e. The van der Waals surface area contributed by atoms with Gasteiger partial charge >= 0.3 is 0 Å². The van der Waals surface area contributed by atoms with E-state index in [1.165, 1.54) is 35.4 Å². The van der Waals surface area contributed by atoms with Crippen molar-refractivity contribution in [2.45, 2.75) is 22.6 Å². The van der Waals surface area contributed by atoms with Gasteiger partial charge in [-0.3, -0.25) is 0 Å². The van der Waals surface area contributed by atoms with Crippen molar-refractivity contribution in [3.05, 3.63) is 128 Å². The third kappa shape index (κ3) is 6.06. The summed E-state index contributed by atoms with van der Waals surface area (Å²) >= 11 is 8.86. The molecule has 4 aromatic carbocycles. The van der Waals surface area contributed by atoms with Gasteiger partial charge in [-0.2, -0.15) is 0 Å². The van der Waals surface area contributed by atoms with Crippen LogP contribution >= 0.6 is 43.6 Å². The first kappa shape index (κ1) is 22.3. The van der Waals surface area contributed by atoms with Crippen molar-refractivity contribution in [1.82, 2.24) is 0 Å². The van der Waals surface area contributed by atoms with Gasteiger partial charge in [-0.05, 0) is 95.8 Å². The summed E-state index contributed by atoms with van der Waals surface area (Å²) in [5.74, 6) is -0.458. The molecule has 0 bridgehead atoms. The Kier molecular flexibility index (Phi) is 7.26. The Bertz CT molecular complexity index is 1090. The predicted molar refractivity (Wildman–Crippen MR) is 131 cm³/mol.